The number of likely N-dealkylation sites (tertiary alicyclic amines) is 1. The first-order valence-electron chi connectivity index (χ1n) is 22.0. The fraction of sp³-hybridized carbons (Fsp3) is 0.543. The Hall–Kier alpha value is -5.06. The number of H-pyrrole nitrogens is 2. The Labute approximate surface area is 374 Å². The van der Waals surface area contributed by atoms with Crippen molar-refractivity contribution in [1.82, 2.24) is 34.8 Å². The van der Waals surface area contributed by atoms with Crippen LogP contribution < -0.4 is 15.4 Å². The van der Waals surface area contributed by atoms with Crippen molar-refractivity contribution in [1.29, 1.82) is 0 Å². The average Bonchev–Trinajstić information content (AvgIpc) is 4.07. The number of fused-ring (bicyclic) bond motifs is 1. The number of rotatable bonds is 14. The predicted molar refractivity (Wildman–Crippen MR) is 257 cm³/mol. The van der Waals surface area contributed by atoms with Gasteiger partial charge in [0.25, 0.3) is 0 Å². The average molecular weight is 887 g/mol. The number of imidazole rings is 1. The van der Waals surface area contributed by atoms with E-state index in [1.165, 1.54) is 27.1 Å². The molecular weight excluding hydrogens is 809 g/mol. The monoisotopic (exact) mass is 887 g/mol. The molecule has 5 rings (SSSR count). The molecule has 1 saturated heterocycles. The Morgan fingerprint density at radius 1 is 0.887 bits per heavy atom. The standard InChI is InChI=1S/C25H28N6O4S.C9H16N2O3.2C3H8.3C2H6/c1-3-10-31(25(33)14-28-36(34)35-2)15-24-26-13-23(30-24)18-6-4-17(5-7-18)22-12-19-11-20(27-16-32)8-9-21(19)29-22;1-7-4-3-5-11(7)8(12)6-10-9(13)14-2;2*1-3-2;3*1-2/h4-9,11-13,16,28-29H,3,10,14-15H2,1-2H3,(H,26,30)(H,27,32);7H,3-6H2,1-2H3,(H,10,13);2*3H2,1-2H3;3*1-2H3/t;7-;;;;;/m.0...../s1. The van der Waals surface area contributed by atoms with Crippen LogP contribution in [0.25, 0.3) is 33.4 Å². The van der Waals surface area contributed by atoms with Crippen molar-refractivity contribution >= 4 is 52.2 Å². The van der Waals surface area contributed by atoms with Crippen LogP contribution in [0.4, 0.5) is 10.5 Å². The van der Waals surface area contributed by atoms with Gasteiger partial charge in [0.1, 0.15) is 12.4 Å². The van der Waals surface area contributed by atoms with Crippen molar-refractivity contribution in [3.63, 3.8) is 0 Å². The number of amides is 4. The number of carbonyl (C=O) groups is 4. The SMILES string of the molecule is CC.CC.CC.CCC.CCC.CCCN(Cc1ncc(-c2ccc(-c3cc4cc(NC=O)ccc4[nH]3)cc2)[nH]1)C(=O)CNS(=O)OC.COC(=O)NCC(=O)N1CCC[C@@H]1C. The van der Waals surface area contributed by atoms with E-state index in [1.807, 2.05) is 104 Å². The zero-order valence-electron chi connectivity index (χ0n) is 40.0. The van der Waals surface area contributed by atoms with Gasteiger partial charge in [-0.2, -0.15) is 0 Å². The van der Waals surface area contributed by atoms with Crippen molar-refractivity contribution in [3.8, 4) is 22.5 Å². The predicted octanol–water partition coefficient (Wildman–Crippen LogP) is 9.61. The van der Waals surface area contributed by atoms with Crippen LogP contribution in [-0.4, -0.2) is 99.7 Å². The molecule has 1 fully saturated rings. The van der Waals surface area contributed by atoms with E-state index >= 15 is 0 Å². The summed E-state index contributed by atoms with van der Waals surface area (Å²) in [4.78, 5) is 60.1. The molecule has 16 heteroatoms. The summed E-state index contributed by atoms with van der Waals surface area (Å²) in [5, 5.41) is 6.05. The van der Waals surface area contributed by atoms with Gasteiger partial charge in [0.05, 0.1) is 39.2 Å². The number of anilines is 1. The molecule has 5 N–H and O–H groups in total. The summed E-state index contributed by atoms with van der Waals surface area (Å²) in [5.74, 6) is 0.441. The van der Waals surface area contributed by atoms with E-state index in [0.29, 0.717) is 31.4 Å². The molecule has 2 aromatic heterocycles. The summed E-state index contributed by atoms with van der Waals surface area (Å²) in [7, 11) is 2.58. The lowest BCUT2D eigenvalue weighted by molar-refractivity contribution is -0.131. The number of benzene rings is 2. The molecule has 15 nitrogen and oxygen atoms in total. The van der Waals surface area contributed by atoms with E-state index < -0.39 is 17.4 Å². The number of aromatic nitrogens is 3. The van der Waals surface area contributed by atoms with Gasteiger partial charge in [-0.15, -0.1) is 0 Å². The Kier molecular flexibility index (Phi) is 34.8. The fourth-order valence-electron chi connectivity index (χ4n) is 5.52. The number of aromatic amines is 2. The van der Waals surface area contributed by atoms with Crippen molar-refractivity contribution in [2.75, 3.05) is 45.7 Å². The minimum atomic E-state index is -1.70. The Morgan fingerprint density at radius 3 is 2.00 bits per heavy atom. The van der Waals surface area contributed by atoms with E-state index in [0.717, 1.165) is 64.9 Å². The summed E-state index contributed by atoms with van der Waals surface area (Å²) in [6.07, 6.45) is 7.23. The number of ether oxygens (including phenoxy) is 1. The highest BCUT2D eigenvalue weighted by Gasteiger charge is 2.25. The Balaban J connectivity index is 0. The van der Waals surface area contributed by atoms with Gasteiger partial charge in [0.2, 0.25) is 29.5 Å². The quantitative estimate of drug-likeness (QED) is 0.0773. The maximum absolute atomic E-state index is 12.5. The number of nitrogens with zero attached hydrogens (tertiary/aromatic N) is 3. The summed E-state index contributed by atoms with van der Waals surface area (Å²) < 4.78 is 22.9. The molecule has 0 spiro atoms. The minimum Gasteiger partial charge on any atom is -0.453 e. The minimum absolute atomic E-state index is 0.0248. The third-order valence-corrected chi connectivity index (χ3v) is 8.79. The van der Waals surface area contributed by atoms with E-state index in [1.54, 1.807) is 16.0 Å². The summed E-state index contributed by atoms with van der Waals surface area (Å²) in [5.41, 5.74) is 5.55. The lowest BCUT2D eigenvalue weighted by Gasteiger charge is -2.21. The van der Waals surface area contributed by atoms with E-state index in [2.05, 4.69) is 66.9 Å². The maximum Gasteiger partial charge on any atom is 0.407 e. The first-order chi connectivity index (χ1) is 30.0. The molecule has 1 aliphatic heterocycles. The van der Waals surface area contributed by atoms with Crippen LogP contribution in [0, 0.1) is 0 Å². The van der Waals surface area contributed by atoms with Crippen molar-refractivity contribution in [2.45, 2.75) is 128 Å². The normalized spacial score (nSPS) is 12.5. The van der Waals surface area contributed by atoms with Gasteiger partial charge >= 0.3 is 6.09 Å². The molecule has 4 aromatic rings. The lowest BCUT2D eigenvalue weighted by Crippen LogP contribution is -2.41. The molecule has 0 radical (unpaired) electrons. The molecule has 4 amide bonds. The molecule has 2 aromatic carbocycles. The molecule has 0 bridgehead atoms. The smallest absolute Gasteiger partial charge is 0.407 e. The fourth-order valence-corrected chi connectivity index (χ4v) is 5.88. The van der Waals surface area contributed by atoms with Crippen LogP contribution >= 0.6 is 0 Å². The lowest BCUT2D eigenvalue weighted by atomic mass is 10.1. The third kappa shape index (κ3) is 22.2. The molecule has 3 heterocycles. The highest BCUT2D eigenvalue weighted by atomic mass is 32.2. The largest absolute Gasteiger partial charge is 0.453 e. The van der Waals surface area contributed by atoms with Crippen molar-refractivity contribution in [2.24, 2.45) is 0 Å². The molecule has 62 heavy (non-hydrogen) atoms. The van der Waals surface area contributed by atoms with Crippen LogP contribution in [0.15, 0.2) is 54.7 Å². The highest BCUT2D eigenvalue weighted by Crippen LogP contribution is 2.28. The number of carbonyl (C=O) groups excluding carboxylic acids is 4. The van der Waals surface area contributed by atoms with E-state index in [9.17, 15) is 23.4 Å². The van der Waals surface area contributed by atoms with Crippen LogP contribution in [-0.2, 0) is 41.1 Å². The first kappa shape index (κ1) is 59.0. The maximum atomic E-state index is 12.5. The van der Waals surface area contributed by atoms with Gasteiger partial charge in [-0.25, -0.2) is 18.7 Å². The topological polar surface area (TPSA) is 191 Å². The Bertz CT molecular complexity index is 1810. The zero-order valence-corrected chi connectivity index (χ0v) is 40.8. The number of methoxy groups -OCH3 is 1. The van der Waals surface area contributed by atoms with Crippen LogP contribution in [0.2, 0.25) is 0 Å². The van der Waals surface area contributed by atoms with Gasteiger partial charge < -0.3 is 35.1 Å². The van der Waals surface area contributed by atoms with E-state index in [-0.39, 0.29) is 24.9 Å². The molecule has 0 aliphatic carbocycles. The molecule has 0 saturated carbocycles. The number of alkyl carbamates (subject to hydrolysis) is 1. The molecular formula is C46H78N8O7S. The summed E-state index contributed by atoms with van der Waals surface area (Å²) in [6, 6.07) is 16.1. The second kappa shape index (κ2) is 36.6. The molecule has 1 aliphatic rings. The second-order valence-corrected chi connectivity index (χ2v) is 14.0. The summed E-state index contributed by atoms with van der Waals surface area (Å²) >= 11 is -1.70. The second-order valence-electron chi connectivity index (χ2n) is 12.9. The van der Waals surface area contributed by atoms with Crippen LogP contribution in [0.1, 0.15) is 121 Å². The van der Waals surface area contributed by atoms with Crippen molar-refractivity contribution in [3.05, 3.63) is 60.6 Å². The van der Waals surface area contributed by atoms with Crippen LogP contribution in [0.5, 0.6) is 0 Å². The van der Waals surface area contributed by atoms with Crippen molar-refractivity contribution < 1.29 is 32.3 Å². The zero-order chi connectivity index (χ0) is 47.5. The van der Waals surface area contributed by atoms with Gasteiger partial charge in [-0.3, -0.25) is 18.6 Å². The Morgan fingerprint density at radius 2 is 1.48 bits per heavy atom. The van der Waals surface area contributed by atoms with Gasteiger partial charge in [-0.05, 0) is 61.6 Å². The first-order valence-corrected chi connectivity index (χ1v) is 23.1. The number of nitrogens with one attached hydrogen (secondary N) is 5. The number of hydrogen-bond donors (Lipinski definition) is 5. The van der Waals surface area contributed by atoms with E-state index in [4.69, 9.17) is 0 Å². The molecule has 2 atom stereocenters. The molecule has 1 unspecified atom stereocenters. The van der Waals surface area contributed by atoms with Gasteiger partial charge in [-0.1, -0.05) is 113 Å². The highest BCUT2D eigenvalue weighted by molar-refractivity contribution is 7.78. The third-order valence-electron chi connectivity index (χ3n) is 8.10. The van der Waals surface area contributed by atoms with Crippen LogP contribution in [0.3, 0.4) is 0 Å². The van der Waals surface area contributed by atoms with Gasteiger partial charge in [0, 0.05) is 41.4 Å². The molecule has 350 valence electrons. The summed E-state index contributed by atoms with van der Waals surface area (Å²) in [6.45, 7) is 26.1. The number of hydrogen-bond acceptors (Lipinski definition) is 8. The van der Waals surface area contributed by atoms with Gasteiger partial charge in [0.15, 0.2) is 0 Å².